The van der Waals surface area contributed by atoms with Crippen molar-refractivity contribution in [3.05, 3.63) is 34.2 Å². The second-order valence-electron chi connectivity index (χ2n) is 5.30. The van der Waals surface area contributed by atoms with Gasteiger partial charge in [0.05, 0.1) is 6.26 Å². The molecule has 0 bridgehead atoms. The maximum Gasteiger partial charge on any atom is 0.251 e. The van der Waals surface area contributed by atoms with Gasteiger partial charge in [0.25, 0.3) is 11.5 Å². The first-order valence-electron chi connectivity index (χ1n) is 6.70. The van der Waals surface area contributed by atoms with E-state index in [1.165, 1.54) is 21.1 Å². The predicted molar refractivity (Wildman–Crippen MR) is 78.6 cm³/mol. The summed E-state index contributed by atoms with van der Waals surface area (Å²) in [5.74, 6) is -0.354. The lowest BCUT2D eigenvalue weighted by atomic mass is 10.1. The highest BCUT2D eigenvalue weighted by atomic mass is 32.2. The molecule has 1 N–H and O–H groups in total. The maximum atomic E-state index is 12.1. The van der Waals surface area contributed by atoms with E-state index in [1.54, 1.807) is 13.1 Å². The molecule has 0 unspecified atom stereocenters. The van der Waals surface area contributed by atoms with Gasteiger partial charge < -0.3 is 9.88 Å². The van der Waals surface area contributed by atoms with Gasteiger partial charge in [-0.15, -0.1) is 0 Å². The lowest BCUT2D eigenvalue weighted by Gasteiger charge is -2.31. The van der Waals surface area contributed by atoms with E-state index >= 15 is 0 Å². The lowest BCUT2D eigenvalue weighted by molar-refractivity contribution is 0.0921. The summed E-state index contributed by atoms with van der Waals surface area (Å²) < 4.78 is 25.8. The number of hydrogen-bond acceptors (Lipinski definition) is 4. The maximum absolute atomic E-state index is 12.1. The third kappa shape index (κ3) is 3.92. The Hall–Kier alpha value is -1.67. The molecule has 0 aromatic carbocycles. The molecule has 1 aromatic heterocycles. The third-order valence-corrected chi connectivity index (χ3v) is 4.82. The highest BCUT2D eigenvalue weighted by Crippen LogP contribution is 2.13. The summed E-state index contributed by atoms with van der Waals surface area (Å²) >= 11 is 0. The normalized spacial score (nSPS) is 20.2. The van der Waals surface area contributed by atoms with E-state index in [9.17, 15) is 18.0 Å². The molecule has 0 radical (unpaired) electrons. The number of aryl methyl sites for hydroxylation is 1. The Morgan fingerprint density at radius 1 is 1.43 bits per heavy atom. The van der Waals surface area contributed by atoms with Crippen molar-refractivity contribution in [1.82, 2.24) is 14.2 Å². The van der Waals surface area contributed by atoms with Gasteiger partial charge in [0.15, 0.2) is 0 Å². The Balaban J connectivity index is 2.05. The molecule has 21 heavy (non-hydrogen) atoms. The number of amides is 1. The molecular formula is C13H19N3O4S. The van der Waals surface area contributed by atoms with Crippen LogP contribution >= 0.6 is 0 Å². The fraction of sp³-hybridized carbons (Fsp3) is 0.538. The fourth-order valence-electron chi connectivity index (χ4n) is 2.32. The topological polar surface area (TPSA) is 88.5 Å². The van der Waals surface area contributed by atoms with E-state index in [0.29, 0.717) is 13.0 Å². The van der Waals surface area contributed by atoms with Gasteiger partial charge in [-0.25, -0.2) is 12.7 Å². The van der Waals surface area contributed by atoms with E-state index in [2.05, 4.69) is 5.32 Å². The first-order chi connectivity index (χ1) is 9.77. The van der Waals surface area contributed by atoms with Gasteiger partial charge in [-0.05, 0) is 18.9 Å². The average Bonchev–Trinajstić information content (AvgIpc) is 2.41. The van der Waals surface area contributed by atoms with Crippen LogP contribution in [0.25, 0.3) is 0 Å². The van der Waals surface area contributed by atoms with Crippen molar-refractivity contribution < 1.29 is 13.2 Å². The SMILES string of the molecule is Cn1ccc(C(=O)N[C@@H]2CCCN(S(C)(=O)=O)C2)cc1=O. The molecule has 1 amide bonds. The number of carbonyl (C=O) groups is 1. The standard InChI is InChI=1S/C13H19N3O4S/c1-15-7-5-10(8-12(15)17)13(18)14-11-4-3-6-16(9-11)21(2,19)20/h5,7-8,11H,3-4,6,9H2,1-2H3,(H,14,18)/t11-/m1/s1. The highest BCUT2D eigenvalue weighted by molar-refractivity contribution is 7.88. The summed E-state index contributed by atoms with van der Waals surface area (Å²) in [6.07, 6.45) is 4.12. The second-order valence-corrected chi connectivity index (χ2v) is 7.28. The summed E-state index contributed by atoms with van der Waals surface area (Å²) in [6, 6.07) is 2.60. The van der Waals surface area contributed by atoms with E-state index in [4.69, 9.17) is 0 Å². The number of sulfonamides is 1. The molecule has 1 fully saturated rings. The van der Waals surface area contributed by atoms with Crippen LogP contribution in [0.3, 0.4) is 0 Å². The first-order valence-corrected chi connectivity index (χ1v) is 8.55. The van der Waals surface area contributed by atoms with Crippen LogP contribution in [0, 0.1) is 0 Å². The van der Waals surface area contributed by atoms with Gasteiger partial charge in [-0.3, -0.25) is 9.59 Å². The number of nitrogens with zero attached hydrogens (tertiary/aromatic N) is 2. The predicted octanol–water partition coefficient (Wildman–Crippen LogP) is -0.461. The van der Waals surface area contributed by atoms with Crippen molar-refractivity contribution in [2.24, 2.45) is 7.05 Å². The molecule has 1 aliphatic heterocycles. The fourth-order valence-corrected chi connectivity index (χ4v) is 3.23. The van der Waals surface area contributed by atoms with E-state index in [-0.39, 0.29) is 29.6 Å². The summed E-state index contributed by atoms with van der Waals surface area (Å²) in [7, 11) is -1.64. The Morgan fingerprint density at radius 3 is 2.76 bits per heavy atom. The third-order valence-electron chi connectivity index (χ3n) is 3.55. The van der Waals surface area contributed by atoms with Crippen LogP contribution in [0.4, 0.5) is 0 Å². The minimum Gasteiger partial charge on any atom is -0.348 e. The molecule has 0 saturated carbocycles. The summed E-state index contributed by atoms with van der Waals surface area (Å²) in [6.45, 7) is 0.756. The summed E-state index contributed by atoms with van der Waals surface area (Å²) in [5, 5.41) is 2.79. The molecule has 2 heterocycles. The van der Waals surface area contributed by atoms with Crippen LogP contribution in [-0.4, -0.2) is 48.6 Å². The molecule has 0 aliphatic carbocycles. The largest absolute Gasteiger partial charge is 0.348 e. The number of piperidine rings is 1. The molecule has 8 heteroatoms. The quantitative estimate of drug-likeness (QED) is 0.818. The minimum absolute atomic E-state index is 0.231. The van der Waals surface area contributed by atoms with Gasteiger partial charge >= 0.3 is 0 Å². The second kappa shape index (κ2) is 5.98. The van der Waals surface area contributed by atoms with Gasteiger partial charge in [-0.2, -0.15) is 0 Å². The molecule has 1 atom stereocenters. The van der Waals surface area contributed by atoms with Crippen molar-refractivity contribution in [3.63, 3.8) is 0 Å². The van der Waals surface area contributed by atoms with Crippen molar-refractivity contribution in [3.8, 4) is 0 Å². The average molecular weight is 313 g/mol. The van der Waals surface area contributed by atoms with Crippen molar-refractivity contribution in [2.45, 2.75) is 18.9 Å². The smallest absolute Gasteiger partial charge is 0.251 e. The van der Waals surface area contributed by atoms with Crippen LogP contribution in [0.1, 0.15) is 23.2 Å². The summed E-state index contributed by atoms with van der Waals surface area (Å²) in [4.78, 5) is 23.6. The van der Waals surface area contributed by atoms with Gasteiger partial charge in [0, 0.05) is 44.0 Å². The van der Waals surface area contributed by atoms with Crippen LogP contribution < -0.4 is 10.9 Å². The van der Waals surface area contributed by atoms with Crippen molar-refractivity contribution in [2.75, 3.05) is 19.3 Å². The Bertz CT molecular complexity index is 696. The lowest BCUT2D eigenvalue weighted by Crippen LogP contribution is -2.49. The van der Waals surface area contributed by atoms with E-state index in [0.717, 1.165) is 12.7 Å². The zero-order chi connectivity index (χ0) is 15.6. The molecule has 1 aromatic rings. The molecule has 0 spiro atoms. The number of rotatable bonds is 3. The zero-order valence-electron chi connectivity index (χ0n) is 12.1. The molecule has 1 saturated heterocycles. The van der Waals surface area contributed by atoms with Crippen molar-refractivity contribution in [1.29, 1.82) is 0 Å². The molecule has 1 aliphatic rings. The van der Waals surface area contributed by atoms with Gasteiger partial charge in [0.1, 0.15) is 0 Å². The van der Waals surface area contributed by atoms with Crippen LogP contribution in [-0.2, 0) is 17.1 Å². The van der Waals surface area contributed by atoms with Gasteiger partial charge in [0.2, 0.25) is 10.0 Å². The zero-order valence-corrected chi connectivity index (χ0v) is 12.9. The first kappa shape index (κ1) is 15.7. The highest BCUT2D eigenvalue weighted by Gasteiger charge is 2.27. The number of aromatic nitrogens is 1. The molecule has 7 nitrogen and oxygen atoms in total. The molecule has 116 valence electrons. The van der Waals surface area contributed by atoms with Crippen LogP contribution in [0.15, 0.2) is 23.1 Å². The van der Waals surface area contributed by atoms with Crippen LogP contribution in [0.5, 0.6) is 0 Å². The van der Waals surface area contributed by atoms with E-state index < -0.39 is 10.0 Å². The Labute approximate surface area is 123 Å². The number of pyridine rings is 1. The van der Waals surface area contributed by atoms with E-state index in [1.807, 2.05) is 0 Å². The van der Waals surface area contributed by atoms with Crippen LogP contribution in [0.2, 0.25) is 0 Å². The summed E-state index contributed by atoms with van der Waals surface area (Å²) in [5.41, 5.74) is 0.0265. The van der Waals surface area contributed by atoms with Gasteiger partial charge in [-0.1, -0.05) is 0 Å². The monoisotopic (exact) mass is 313 g/mol. The minimum atomic E-state index is -3.24. The number of hydrogen-bond donors (Lipinski definition) is 1. The Kier molecular flexibility index (Phi) is 4.48. The Morgan fingerprint density at radius 2 is 2.14 bits per heavy atom. The number of carbonyl (C=O) groups excluding carboxylic acids is 1. The molecular weight excluding hydrogens is 294 g/mol. The number of nitrogens with one attached hydrogen (secondary N) is 1. The molecule has 2 rings (SSSR count). The van der Waals surface area contributed by atoms with Crippen molar-refractivity contribution >= 4 is 15.9 Å².